The summed E-state index contributed by atoms with van der Waals surface area (Å²) in [5, 5.41) is 3.97. The van der Waals surface area contributed by atoms with Crippen LogP contribution in [0, 0.1) is 0 Å². The van der Waals surface area contributed by atoms with Crippen LogP contribution in [0.1, 0.15) is 44.7 Å². The van der Waals surface area contributed by atoms with Gasteiger partial charge in [-0.15, -0.1) is 0 Å². The molecule has 186 valence electrons. The fourth-order valence-electron chi connectivity index (χ4n) is 4.35. The van der Waals surface area contributed by atoms with Gasteiger partial charge in [-0.05, 0) is 66.7 Å². The minimum absolute atomic E-state index is 0.145. The Morgan fingerprint density at radius 2 is 1.82 bits per heavy atom. The van der Waals surface area contributed by atoms with E-state index in [1.54, 1.807) is 26.5 Å². The molecule has 0 bridgehead atoms. The molecule has 2 unspecified atom stereocenters. The van der Waals surface area contributed by atoms with Gasteiger partial charge in [0.25, 0.3) is 0 Å². The molecule has 1 aromatic heterocycles. The van der Waals surface area contributed by atoms with E-state index >= 15 is 0 Å². The molecule has 1 aliphatic rings. The molecule has 3 rings (SSSR count). The number of ether oxygens (including phenoxy) is 2. The molecule has 0 saturated heterocycles. The Morgan fingerprint density at radius 1 is 1.18 bits per heavy atom. The Kier molecular flexibility index (Phi) is 8.00. The summed E-state index contributed by atoms with van der Waals surface area (Å²) in [4.78, 5) is 16.8. The first-order chi connectivity index (χ1) is 16.0. The van der Waals surface area contributed by atoms with Crippen molar-refractivity contribution in [1.82, 2.24) is 4.98 Å². The summed E-state index contributed by atoms with van der Waals surface area (Å²) in [5.41, 5.74) is 2.33. The number of rotatable bonds is 9. The lowest BCUT2D eigenvalue weighted by Gasteiger charge is -2.44. The zero-order valence-electron chi connectivity index (χ0n) is 21.3. The second kappa shape index (κ2) is 10.3. The van der Waals surface area contributed by atoms with Gasteiger partial charge in [0.15, 0.2) is 8.32 Å². The molecule has 0 amide bonds. The van der Waals surface area contributed by atoms with E-state index in [2.05, 4.69) is 44.2 Å². The SMILES string of the molecule is COc1cc(OC)cc(C2(CCCO[Si](C)(C)C(C)(C)C)Cc3cnc(Cl)cc3NC2C=O)c1. The number of aromatic nitrogens is 1. The van der Waals surface area contributed by atoms with E-state index in [-0.39, 0.29) is 5.04 Å². The number of nitrogens with zero attached hydrogens (tertiary/aromatic N) is 1. The van der Waals surface area contributed by atoms with Crippen LogP contribution in [0.2, 0.25) is 23.3 Å². The smallest absolute Gasteiger partial charge is 0.191 e. The van der Waals surface area contributed by atoms with Crippen molar-refractivity contribution in [1.29, 1.82) is 0 Å². The number of methoxy groups -OCH3 is 2. The third kappa shape index (κ3) is 5.42. The average molecular weight is 505 g/mol. The second-order valence-corrected chi connectivity index (χ2v) is 15.8. The standard InChI is InChI=1S/C26H37ClN2O4Si/c1-25(2,3)34(6,7)33-10-8-9-26(19-11-20(31-4)13-21(12-19)32-5)15-18-16-28-24(27)14-22(18)29-23(26)17-30/h11-14,16-17,23,29H,8-10,15H2,1-7H3. The van der Waals surface area contributed by atoms with Crippen molar-refractivity contribution < 1.29 is 18.7 Å². The van der Waals surface area contributed by atoms with E-state index in [4.69, 9.17) is 25.5 Å². The van der Waals surface area contributed by atoms with E-state index < -0.39 is 19.8 Å². The Labute approximate surface area is 209 Å². The molecule has 0 saturated carbocycles. The van der Waals surface area contributed by atoms with Crippen LogP contribution >= 0.6 is 11.6 Å². The van der Waals surface area contributed by atoms with Gasteiger partial charge in [-0.25, -0.2) is 4.98 Å². The molecular formula is C26H37ClN2O4Si. The third-order valence-corrected chi connectivity index (χ3v) is 12.2. The van der Waals surface area contributed by atoms with Gasteiger partial charge in [-0.3, -0.25) is 0 Å². The highest BCUT2D eigenvalue weighted by Crippen LogP contribution is 2.45. The number of nitrogens with one attached hydrogen (secondary N) is 1. The summed E-state index contributed by atoms with van der Waals surface area (Å²) in [6.07, 6.45) is 4.99. The summed E-state index contributed by atoms with van der Waals surface area (Å²) >= 11 is 6.13. The molecule has 6 nitrogen and oxygen atoms in total. The average Bonchev–Trinajstić information content (AvgIpc) is 2.80. The van der Waals surface area contributed by atoms with Gasteiger partial charge in [0, 0.05) is 30.0 Å². The largest absolute Gasteiger partial charge is 0.497 e. The van der Waals surface area contributed by atoms with Gasteiger partial charge < -0.3 is 24.0 Å². The maximum Gasteiger partial charge on any atom is 0.191 e. The molecule has 2 aromatic rings. The Hall–Kier alpha value is -2.09. The highest BCUT2D eigenvalue weighted by molar-refractivity contribution is 6.74. The molecule has 34 heavy (non-hydrogen) atoms. The lowest BCUT2D eigenvalue weighted by molar-refractivity contribution is -0.110. The van der Waals surface area contributed by atoms with Gasteiger partial charge in [-0.1, -0.05) is 32.4 Å². The number of aldehydes is 1. The predicted molar refractivity (Wildman–Crippen MR) is 140 cm³/mol. The van der Waals surface area contributed by atoms with Crippen molar-refractivity contribution >= 4 is 31.9 Å². The van der Waals surface area contributed by atoms with Crippen LogP contribution in [-0.2, 0) is 21.1 Å². The van der Waals surface area contributed by atoms with Crippen LogP contribution in [0.25, 0.3) is 0 Å². The summed E-state index contributed by atoms with van der Waals surface area (Å²) in [7, 11) is 1.41. The van der Waals surface area contributed by atoms with Crippen LogP contribution in [-0.4, -0.2) is 46.5 Å². The minimum Gasteiger partial charge on any atom is -0.497 e. The molecule has 1 aliphatic heterocycles. The quantitative estimate of drug-likeness (QED) is 0.195. The highest BCUT2D eigenvalue weighted by atomic mass is 35.5. The molecule has 0 aliphatic carbocycles. The maximum atomic E-state index is 12.5. The number of hydrogen-bond donors (Lipinski definition) is 1. The van der Waals surface area contributed by atoms with E-state index in [1.807, 2.05) is 18.2 Å². The van der Waals surface area contributed by atoms with Gasteiger partial charge in [0.1, 0.15) is 22.9 Å². The Morgan fingerprint density at radius 3 is 2.38 bits per heavy atom. The highest BCUT2D eigenvalue weighted by Gasteiger charge is 2.45. The van der Waals surface area contributed by atoms with E-state index in [0.29, 0.717) is 29.7 Å². The number of benzene rings is 1. The third-order valence-electron chi connectivity index (χ3n) is 7.46. The Balaban J connectivity index is 2.00. The number of pyridine rings is 1. The molecule has 0 fully saturated rings. The van der Waals surface area contributed by atoms with Crippen molar-refractivity contribution in [2.24, 2.45) is 0 Å². The molecule has 1 N–H and O–H groups in total. The lowest BCUT2D eigenvalue weighted by atomic mass is 9.65. The van der Waals surface area contributed by atoms with Crippen molar-refractivity contribution in [2.45, 2.75) is 69.6 Å². The lowest BCUT2D eigenvalue weighted by Crippen LogP contribution is -2.50. The van der Waals surface area contributed by atoms with Crippen molar-refractivity contribution in [2.75, 3.05) is 26.1 Å². The van der Waals surface area contributed by atoms with Crippen LogP contribution in [0.4, 0.5) is 5.69 Å². The van der Waals surface area contributed by atoms with Crippen molar-refractivity contribution in [3.05, 3.63) is 46.7 Å². The molecule has 0 radical (unpaired) electrons. The first-order valence-corrected chi connectivity index (χ1v) is 15.0. The second-order valence-electron chi connectivity index (χ2n) is 10.6. The predicted octanol–water partition coefficient (Wildman–Crippen LogP) is 6.03. The van der Waals surface area contributed by atoms with Crippen LogP contribution < -0.4 is 14.8 Å². The van der Waals surface area contributed by atoms with Crippen LogP contribution in [0.5, 0.6) is 11.5 Å². The van der Waals surface area contributed by atoms with Crippen molar-refractivity contribution in [3.8, 4) is 11.5 Å². The van der Waals surface area contributed by atoms with Gasteiger partial charge in [0.2, 0.25) is 0 Å². The van der Waals surface area contributed by atoms with Crippen LogP contribution in [0.3, 0.4) is 0 Å². The first-order valence-electron chi connectivity index (χ1n) is 11.7. The van der Waals surface area contributed by atoms with E-state index in [1.165, 1.54) is 0 Å². The molecular weight excluding hydrogens is 468 g/mol. The number of hydrogen-bond acceptors (Lipinski definition) is 6. The number of fused-ring (bicyclic) bond motifs is 1. The fraction of sp³-hybridized carbons (Fsp3) is 0.538. The van der Waals surface area contributed by atoms with E-state index in [9.17, 15) is 4.79 Å². The monoisotopic (exact) mass is 504 g/mol. The van der Waals surface area contributed by atoms with Gasteiger partial charge in [0.05, 0.1) is 20.3 Å². The molecule has 8 heteroatoms. The topological polar surface area (TPSA) is 69.7 Å². The zero-order chi connectivity index (χ0) is 25.1. The summed E-state index contributed by atoms with van der Waals surface area (Å²) < 4.78 is 17.6. The summed E-state index contributed by atoms with van der Waals surface area (Å²) in [6.45, 7) is 11.9. The summed E-state index contributed by atoms with van der Waals surface area (Å²) in [5.74, 6) is 1.38. The number of anilines is 1. The summed E-state index contributed by atoms with van der Waals surface area (Å²) in [6, 6.07) is 7.18. The van der Waals surface area contributed by atoms with Gasteiger partial charge in [-0.2, -0.15) is 0 Å². The molecule has 2 heterocycles. The fourth-order valence-corrected chi connectivity index (χ4v) is 5.59. The number of carbonyl (C=O) groups is 1. The normalized spacial score (nSPS) is 20.3. The number of halogens is 1. The molecule has 0 spiro atoms. The van der Waals surface area contributed by atoms with Gasteiger partial charge >= 0.3 is 0 Å². The first kappa shape index (κ1) is 26.5. The minimum atomic E-state index is -1.86. The molecule has 1 aromatic carbocycles. The number of carbonyl (C=O) groups excluding carboxylic acids is 1. The zero-order valence-corrected chi connectivity index (χ0v) is 23.1. The van der Waals surface area contributed by atoms with Crippen LogP contribution in [0.15, 0.2) is 30.5 Å². The maximum absolute atomic E-state index is 12.5. The molecule has 2 atom stereocenters. The Bertz CT molecular complexity index is 1000. The van der Waals surface area contributed by atoms with Crippen molar-refractivity contribution in [3.63, 3.8) is 0 Å². The van der Waals surface area contributed by atoms with E-state index in [0.717, 1.165) is 35.9 Å².